The third-order valence-electron chi connectivity index (χ3n) is 7.44. The van der Waals surface area contributed by atoms with Gasteiger partial charge in [0.1, 0.15) is 17.7 Å². The molecule has 3 amide bonds. The number of rotatable bonds is 8. The Morgan fingerprint density at radius 1 is 1.03 bits per heavy atom. The second-order valence-corrected chi connectivity index (χ2v) is 13.6. The number of carbonyl (C=O) groups is 3. The van der Waals surface area contributed by atoms with E-state index in [1.165, 1.54) is 0 Å². The van der Waals surface area contributed by atoms with Crippen LogP contribution in [0.4, 0.5) is 4.79 Å². The smallest absolute Gasteiger partial charge is 0.411 e. The number of carbonyl (C=O) groups excluding carboxylic acids is 3. The number of sulfone groups is 1. The number of nitrogens with two attached hydrogens (primary N) is 1. The molecule has 1 saturated carbocycles. The zero-order valence-corrected chi connectivity index (χ0v) is 23.7. The highest BCUT2D eigenvalue weighted by atomic mass is 32.2. The minimum Gasteiger partial charge on any atom is -0.444 e. The first-order chi connectivity index (χ1) is 18.3. The lowest BCUT2D eigenvalue weighted by atomic mass is 9.96. The van der Waals surface area contributed by atoms with Crippen molar-refractivity contribution in [3.63, 3.8) is 0 Å². The molecule has 39 heavy (non-hydrogen) atoms. The van der Waals surface area contributed by atoms with Crippen LogP contribution in [0.2, 0.25) is 0 Å². The Hall–Kier alpha value is -3.40. The Bertz CT molecular complexity index is 1330. The Morgan fingerprint density at radius 3 is 2.15 bits per heavy atom. The molecule has 210 valence electrons. The number of primary amides is 1. The van der Waals surface area contributed by atoms with Crippen molar-refractivity contribution in [3.05, 3.63) is 54.1 Å². The Morgan fingerprint density at radius 2 is 1.62 bits per heavy atom. The van der Waals surface area contributed by atoms with Crippen LogP contribution in [0.25, 0.3) is 11.1 Å². The van der Waals surface area contributed by atoms with E-state index in [0.29, 0.717) is 0 Å². The van der Waals surface area contributed by atoms with Crippen molar-refractivity contribution in [1.29, 1.82) is 0 Å². The molecule has 9 nitrogen and oxygen atoms in total. The van der Waals surface area contributed by atoms with Gasteiger partial charge in [-0.1, -0.05) is 43.3 Å². The van der Waals surface area contributed by atoms with E-state index in [0.717, 1.165) is 36.0 Å². The van der Waals surface area contributed by atoms with Gasteiger partial charge in [0, 0.05) is 12.5 Å². The summed E-state index contributed by atoms with van der Waals surface area (Å²) in [7, 11) is -3.27. The van der Waals surface area contributed by atoms with Crippen molar-refractivity contribution in [2.45, 2.75) is 82.0 Å². The number of piperidine rings is 1. The summed E-state index contributed by atoms with van der Waals surface area (Å²) in [5.41, 5.74) is 7.51. The van der Waals surface area contributed by atoms with E-state index < -0.39 is 45.4 Å². The number of nitrogens with one attached hydrogen (secondary N) is 1. The zero-order valence-electron chi connectivity index (χ0n) is 22.8. The number of fused-ring (bicyclic) bond motifs is 2. The van der Waals surface area contributed by atoms with Gasteiger partial charge in [0.15, 0.2) is 9.84 Å². The Balaban J connectivity index is 1.44. The molecular weight excluding hydrogens is 518 g/mol. The third kappa shape index (κ3) is 6.43. The van der Waals surface area contributed by atoms with Crippen molar-refractivity contribution in [3.8, 4) is 11.1 Å². The summed E-state index contributed by atoms with van der Waals surface area (Å²) in [6.45, 7) is 6.97. The summed E-state index contributed by atoms with van der Waals surface area (Å²) < 4.78 is 29.7. The normalized spacial score (nSPS) is 21.4. The van der Waals surface area contributed by atoms with Gasteiger partial charge in [-0.05, 0) is 74.8 Å². The lowest BCUT2D eigenvalue weighted by Gasteiger charge is -2.36. The lowest BCUT2D eigenvalue weighted by molar-refractivity contribution is -0.132. The number of nitrogens with zero attached hydrogens (tertiary/aromatic N) is 1. The van der Waals surface area contributed by atoms with Crippen molar-refractivity contribution in [2.75, 3.05) is 5.75 Å². The van der Waals surface area contributed by atoms with Crippen molar-refractivity contribution >= 4 is 27.7 Å². The fourth-order valence-electron chi connectivity index (χ4n) is 5.47. The maximum Gasteiger partial charge on any atom is 0.411 e. The first kappa shape index (κ1) is 28.6. The van der Waals surface area contributed by atoms with Crippen molar-refractivity contribution in [1.82, 2.24) is 10.2 Å². The summed E-state index contributed by atoms with van der Waals surface area (Å²) >= 11 is 0. The quantitative estimate of drug-likeness (QED) is 0.512. The van der Waals surface area contributed by atoms with Crippen LogP contribution < -0.4 is 11.1 Å². The van der Waals surface area contributed by atoms with E-state index >= 15 is 0 Å². The number of ether oxygens (including phenoxy) is 1. The second-order valence-electron chi connectivity index (χ2n) is 11.4. The van der Waals surface area contributed by atoms with Crippen LogP contribution in [0.15, 0.2) is 53.4 Å². The summed E-state index contributed by atoms with van der Waals surface area (Å²) in [5.74, 6) is -0.989. The summed E-state index contributed by atoms with van der Waals surface area (Å²) in [5, 5.41) is 2.79. The van der Waals surface area contributed by atoms with Gasteiger partial charge in [-0.2, -0.15) is 0 Å². The van der Waals surface area contributed by atoms with E-state index in [2.05, 4.69) is 5.32 Å². The van der Waals surface area contributed by atoms with Crippen LogP contribution in [0.5, 0.6) is 0 Å². The summed E-state index contributed by atoms with van der Waals surface area (Å²) in [6.07, 6.45) is 2.10. The molecule has 2 fully saturated rings. The first-order valence-corrected chi connectivity index (χ1v) is 15.0. The fraction of sp³-hybridized carbons (Fsp3) is 0.483. The highest BCUT2D eigenvalue weighted by molar-refractivity contribution is 7.91. The predicted octanol–water partition coefficient (Wildman–Crippen LogP) is 3.45. The van der Waals surface area contributed by atoms with Crippen LogP contribution >= 0.6 is 0 Å². The minimum atomic E-state index is -3.27. The number of amides is 3. The van der Waals surface area contributed by atoms with E-state index in [4.69, 9.17) is 10.5 Å². The van der Waals surface area contributed by atoms with Gasteiger partial charge >= 0.3 is 6.09 Å². The maximum absolute atomic E-state index is 13.4. The van der Waals surface area contributed by atoms with Gasteiger partial charge < -0.3 is 15.8 Å². The molecule has 3 N–H and O–H groups in total. The number of likely N-dealkylation sites (tertiary alicyclic amines) is 1. The molecule has 1 heterocycles. The van der Waals surface area contributed by atoms with Gasteiger partial charge in [0.2, 0.25) is 11.8 Å². The van der Waals surface area contributed by atoms with Gasteiger partial charge in [-0.3, -0.25) is 14.5 Å². The van der Waals surface area contributed by atoms with Crippen molar-refractivity contribution < 1.29 is 27.5 Å². The topological polar surface area (TPSA) is 136 Å². The standard InChI is InChI=1S/C29H37N3O6S/c1-5-39(36,37)23-14-11-20(12-15-23)19-8-6-18(7-9-19)16-24(26(30)33)31-27(34)25-21-10-13-22(17-21)32(25)28(35)38-29(2,3)4/h6-9,11-12,14-15,21-22,24-25H,5,10,13,16-17H2,1-4H3,(H2,30,33)(H,31,34)/t21-,22+,24-,25-/m0/s1. The zero-order chi connectivity index (χ0) is 28.5. The molecule has 0 radical (unpaired) electrons. The van der Waals surface area contributed by atoms with Gasteiger partial charge in [-0.15, -0.1) is 0 Å². The highest BCUT2D eigenvalue weighted by Crippen LogP contribution is 2.43. The molecule has 1 aliphatic heterocycles. The molecule has 4 atom stereocenters. The SMILES string of the molecule is CCS(=O)(=O)c1ccc(-c2ccc(C[C@H](NC(=O)[C@@H]3[C@H]4CC[C@H](C4)N3C(=O)OC(C)(C)C)C(N)=O)cc2)cc1. The molecule has 0 aromatic heterocycles. The molecule has 10 heteroatoms. The largest absolute Gasteiger partial charge is 0.444 e. The van der Waals surface area contributed by atoms with Gasteiger partial charge in [0.05, 0.1) is 10.6 Å². The molecule has 1 aliphatic carbocycles. The fourth-order valence-corrected chi connectivity index (χ4v) is 6.36. The second kappa shape index (κ2) is 11.0. The lowest BCUT2D eigenvalue weighted by Crippen LogP contribution is -2.57. The average molecular weight is 556 g/mol. The molecule has 0 unspecified atom stereocenters. The van der Waals surface area contributed by atoms with Crippen LogP contribution in [0, 0.1) is 5.92 Å². The van der Waals surface area contributed by atoms with Crippen LogP contribution in [-0.2, 0) is 30.6 Å². The molecule has 2 aromatic rings. The van der Waals surface area contributed by atoms with Crippen LogP contribution in [0.3, 0.4) is 0 Å². The molecule has 2 bridgehead atoms. The Kier molecular flexibility index (Phi) is 8.07. The number of hydrogen-bond acceptors (Lipinski definition) is 6. The van der Waals surface area contributed by atoms with E-state index in [-0.39, 0.29) is 29.0 Å². The average Bonchev–Trinajstić information content (AvgIpc) is 3.50. The molecule has 4 rings (SSSR count). The molecule has 1 saturated heterocycles. The summed E-state index contributed by atoms with van der Waals surface area (Å²) in [4.78, 5) is 40.4. The van der Waals surface area contributed by atoms with Gasteiger partial charge in [-0.25, -0.2) is 13.2 Å². The monoisotopic (exact) mass is 555 g/mol. The summed E-state index contributed by atoms with van der Waals surface area (Å²) in [6, 6.07) is 12.5. The first-order valence-electron chi connectivity index (χ1n) is 13.3. The van der Waals surface area contributed by atoms with E-state index in [9.17, 15) is 22.8 Å². The molecule has 2 aromatic carbocycles. The highest BCUT2D eigenvalue weighted by Gasteiger charge is 2.52. The van der Waals surface area contributed by atoms with Crippen LogP contribution in [0.1, 0.15) is 52.5 Å². The molecular formula is C29H37N3O6S. The van der Waals surface area contributed by atoms with E-state index in [1.54, 1.807) is 56.9 Å². The van der Waals surface area contributed by atoms with E-state index in [1.807, 2.05) is 24.3 Å². The predicted molar refractivity (Wildman–Crippen MR) is 147 cm³/mol. The van der Waals surface area contributed by atoms with Crippen molar-refractivity contribution in [2.24, 2.45) is 11.7 Å². The molecule has 0 spiro atoms. The number of hydrogen-bond donors (Lipinski definition) is 2. The van der Waals surface area contributed by atoms with Crippen LogP contribution in [-0.4, -0.2) is 60.7 Å². The number of benzene rings is 2. The molecule has 2 aliphatic rings. The maximum atomic E-state index is 13.4. The third-order valence-corrected chi connectivity index (χ3v) is 9.19. The minimum absolute atomic E-state index is 0.0223. The Labute approximate surface area is 230 Å². The van der Waals surface area contributed by atoms with Gasteiger partial charge in [0.25, 0.3) is 0 Å².